The van der Waals surface area contributed by atoms with Crippen molar-refractivity contribution in [2.45, 2.75) is 33.3 Å². The van der Waals surface area contributed by atoms with Crippen LogP contribution in [0.4, 0.5) is 0 Å². The number of rotatable bonds is 8. The molecule has 1 aliphatic heterocycles. The van der Waals surface area contributed by atoms with Crippen molar-refractivity contribution in [3.05, 3.63) is 80.9 Å². The van der Waals surface area contributed by atoms with Crippen LogP contribution in [0.3, 0.4) is 0 Å². The summed E-state index contributed by atoms with van der Waals surface area (Å²) in [4.78, 5) is 12.8. The fraction of sp³-hybridized carbons (Fsp3) is 0.269. The lowest BCUT2D eigenvalue weighted by Gasteiger charge is -2.27. The van der Waals surface area contributed by atoms with Crippen LogP contribution in [0.15, 0.2) is 59.2 Å². The second-order valence-corrected chi connectivity index (χ2v) is 7.84. The van der Waals surface area contributed by atoms with E-state index in [1.54, 1.807) is 51.1 Å². The van der Waals surface area contributed by atoms with Crippen LogP contribution in [-0.4, -0.2) is 19.2 Å². The van der Waals surface area contributed by atoms with Crippen molar-refractivity contribution in [1.29, 1.82) is 10.5 Å². The molecule has 0 fully saturated rings. The maximum absolute atomic E-state index is 12.8. The maximum Gasteiger partial charge on any atom is 0.338 e. The molecular weight excluding hydrogens is 470 g/mol. The topological polar surface area (TPSA) is 128 Å². The first-order chi connectivity index (χ1) is 16.9. The summed E-state index contributed by atoms with van der Waals surface area (Å²) in [5, 5.41) is 19.3. The van der Waals surface area contributed by atoms with Crippen LogP contribution in [0.2, 0.25) is 5.02 Å². The van der Waals surface area contributed by atoms with Crippen molar-refractivity contribution in [2.75, 3.05) is 13.2 Å². The van der Waals surface area contributed by atoms with Gasteiger partial charge in [0.25, 0.3) is 0 Å². The second kappa shape index (κ2) is 11.3. The third-order valence-electron chi connectivity index (χ3n) is 5.28. The first kappa shape index (κ1) is 25.5. The lowest BCUT2D eigenvalue weighted by molar-refractivity contribution is -0.139. The van der Waals surface area contributed by atoms with Crippen molar-refractivity contribution in [1.82, 2.24) is 0 Å². The number of nitrogens with two attached hydrogens (primary N) is 1. The number of nitrogens with zero attached hydrogens (tertiary/aromatic N) is 2. The summed E-state index contributed by atoms with van der Waals surface area (Å²) in [6.45, 7) is 5.60. The molecule has 2 aromatic carbocycles. The van der Waals surface area contributed by atoms with Gasteiger partial charge in [-0.25, -0.2) is 4.79 Å². The highest BCUT2D eigenvalue weighted by molar-refractivity contribution is 6.32. The molecule has 1 heterocycles. The number of carbonyl (C=O) groups is 1. The van der Waals surface area contributed by atoms with E-state index in [2.05, 4.69) is 6.07 Å². The second-order valence-electron chi connectivity index (χ2n) is 7.44. The average Bonchev–Trinajstić information content (AvgIpc) is 2.83. The zero-order valence-electron chi connectivity index (χ0n) is 19.6. The molecule has 9 heteroatoms. The number of esters is 1. The predicted molar refractivity (Wildman–Crippen MR) is 128 cm³/mol. The summed E-state index contributed by atoms with van der Waals surface area (Å²) in [5.41, 5.74) is 7.83. The van der Waals surface area contributed by atoms with Gasteiger partial charge in [-0.3, -0.25) is 0 Å². The first-order valence-corrected chi connectivity index (χ1v) is 11.3. The molecule has 1 atom stereocenters. The number of ether oxygens (including phenoxy) is 4. The Bertz CT molecular complexity index is 1290. The van der Waals surface area contributed by atoms with Crippen molar-refractivity contribution in [3.63, 3.8) is 0 Å². The van der Waals surface area contributed by atoms with Gasteiger partial charge in [-0.2, -0.15) is 10.5 Å². The van der Waals surface area contributed by atoms with Crippen LogP contribution >= 0.6 is 11.6 Å². The van der Waals surface area contributed by atoms with Crippen LogP contribution in [0.1, 0.15) is 43.4 Å². The molecule has 0 radical (unpaired) electrons. The fourth-order valence-electron chi connectivity index (χ4n) is 3.75. The number of hydrogen-bond acceptors (Lipinski definition) is 8. The van der Waals surface area contributed by atoms with E-state index < -0.39 is 11.9 Å². The molecule has 1 aliphatic rings. The van der Waals surface area contributed by atoms with Crippen LogP contribution in [-0.2, 0) is 20.9 Å². The van der Waals surface area contributed by atoms with E-state index in [4.69, 9.17) is 36.3 Å². The Balaban J connectivity index is 2.09. The van der Waals surface area contributed by atoms with Gasteiger partial charge in [-0.15, -0.1) is 0 Å². The van der Waals surface area contributed by atoms with E-state index in [9.17, 15) is 15.3 Å². The van der Waals surface area contributed by atoms with Crippen molar-refractivity contribution < 1.29 is 23.7 Å². The quantitative estimate of drug-likeness (QED) is 0.517. The molecule has 35 heavy (non-hydrogen) atoms. The standard InChI is InChI=1S/C26H24ClN3O5/c1-4-32-21-11-18(10-20(27)24(21)34-14-17-9-7-6-8-16(17)12-28)23-19(13-29)25(30)35-15(3)22(23)26(31)33-5-2/h6-11,23H,4-5,14,30H2,1-3H3. The number of halogens is 1. The zero-order chi connectivity index (χ0) is 25.5. The molecule has 3 rings (SSSR count). The molecular formula is C26H24ClN3O5. The molecule has 0 saturated heterocycles. The Kier molecular flexibility index (Phi) is 8.25. The van der Waals surface area contributed by atoms with E-state index in [1.165, 1.54) is 0 Å². The maximum atomic E-state index is 12.8. The average molecular weight is 494 g/mol. The van der Waals surface area contributed by atoms with E-state index in [-0.39, 0.29) is 46.8 Å². The summed E-state index contributed by atoms with van der Waals surface area (Å²) in [6, 6.07) is 14.5. The normalized spacial score (nSPS) is 15.1. The van der Waals surface area contributed by atoms with Crippen LogP contribution in [0, 0.1) is 22.7 Å². The first-order valence-electron chi connectivity index (χ1n) is 10.9. The summed E-state index contributed by atoms with van der Waals surface area (Å²) in [5.74, 6) is -0.799. The fourth-order valence-corrected chi connectivity index (χ4v) is 4.02. The number of carbonyl (C=O) groups excluding carboxylic acids is 1. The molecule has 8 nitrogen and oxygen atoms in total. The van der Waals surface area contributed by atoms with Crippen LogP contribution < -0.4 is 15.2 Å². The van der Waals surface area contributed by atoms with Gasteiger partial charge in [0.05, 0.1) is 41.4 Å². The van der Waals surface area contributed by atoms with E-state index in [1.807, 2.05) is 12.1 Å². The Morgan fingerprint density at radius 3 is 2.54 bits per heavy atom. The molecule has 2 aromatic rings. The zero-order valence-corrected chi connectivity index (χ0v) is 20.3. The third-order valence-corrected chi connectivity index (χ3v) is 5.56. The highest BCUT2D eigenvalue weighted by Gasteiger charge is 2.37. The lowest BCUT2D eigenvalue weighted by atomic mass is 9.83. The Hall–Kier alpha value is -4.14. The van der Waals surface area contributed by atoms with Gasteiger partial charge in [-0.1, -0.05) is 29.8 Å². The molecule has 0 saturated carbocycles. The van der Waals surface area contributed by atoms with Crippen molar-refractivity contribution in [2.24, 2.45) is 5.73 Å². The molecule has 0 aliphatic carbocycles. The summed E-state index contributed by atoms with van der Waals surface area (Å²) in [6.07, 6.45) is 0. The van der Waals surface area contributed by atoms with E-state index in [0.29, 0.717) is 29.0 Å². The molecule has 0 amide bonds. The van der Waals surface area contributed by atoms with Crippen molar-refractivity contribution in [3.8, 4) is 23.6 Å². The van der Waals surface area contributed by atoms with Gasteiger partial charge in [0.2, 0.25) is 5.88 Å². The van der Waals surface area contributed by atoms with E-state index in [0.717, 1.165) is 0 Å². The smallest absolute Gasteiger partial charge is 0.338 e. The molecule has 0 bridgehead atoms. The highest BCUT2D eigenvalue weighted by atomic mass is 35.5. The summed E-state index contributed by atoms with van der Waals surface area (Å²) < 4.78 is 22.4. The Morgan fingerprint density at radius 2 is 1.89 bits per heavy atom. The minimum Gasteiger partial charge on any atom is -0.490 e. The highest BCUT2D eigenvalue weighted by Crippen LogP contribution is 2.45. The Labute approximate surface area is 208 Å². The number of nitriles is 2. The van der Waals surface area contributed by atoms with E-state index >= 15 is 0 Å². The molecule has 2 N–H and O–H groups in total. The number of benzene rings is 2. The minimum absolute atomic E-state index is 0.0498. The van der Waals surface area contributed by atoms with Gasteiger partial charge in [-0.05, 0) is 44.5 Å². The monoisotopic (exact) mass is 493 g/mol. The number of hydrogen-bond donors (Lipinski definition) is 1. The van der Waals surface area contributed by atoms with Crippen molar-refractivity contribution >= 4 is 17.6 Å². The Morgan fingerprint density at radius 1 is 1.14 bits per heavy atom. The molecule has 180 valence electrons. The molecule has 1 unspecified atom stereocenters. The van der Waals surface area contributed by atoms with Gasteiger partial charge in [0, 0.05) is 5.56 Å². The van der Waals surface area contributed by atoms with Gasteiger partial charge in [0.15, 0.2) is 11.5 Å². The van der Waals surface area contributed by atoms with Gasteiger partial charge < -0.3 is 24.7 Å². The predicted octanol–water partition coefficient (Wildman–Crippen LogP) is 4.83. The van der Waals surface area contributed by atoms with Gasteiger partial charge in [0.1, 0.15) is 24.0 Å². The largest absolute Gasteiger partial charge is 0.490 e. The van der Waals surface area contributed by atoms with Crippen LogP contribution in [0.5, 0.6) is 11.5 Å². The summed E-state index contributed by atoms with van der Waals surface area (Å²) >= 11 is 6.62. The summed E-state index contributed by atoms with van der Waals surface area (Å²) in [7, 11) is 0. The van der Waals surface area contributed by atoms with Crippen LogP contribution in [0.25, 0.3) is 0 Å². The lowest BCUT2D eigenvalue weighted by Crippen LogP contribution is -2.25. The third kappa shape index (κ3) is 5.34. The SMILES string of the molecule is CCOC(=O)C1=C(C)OC(N)=C(C#N)C1c1cc(Cl)c(OCc2ccccc2C#N)c(OCC)c1. The molecule has 0 aromatic heterocycles. The molecule has 0 spiro atoms. The van der Waals surface area contributed by atoms with Gasteiger partial charge >= 0.3 is 5.97 Å². The number of allylic oxidation sites excluding steroid dienone is 2. The minimum atomic E-state index is -0.877.